The molecule has 6 heteroatoms. The number of carbonyl (C=O) groups excluding carboxylic acids is 1. The summed E-state index contributed by atoms with van der Waals surface area (Å²) in [7, 11) is 1.39. The number of fused-ring (bicyclic) bond motifs is 1. The van der Waals surface area contributed by atoms with Gasteiger partial charge < -0.3 is 14.5 Å². The number of esters is 1. The number of benzene rings is 1. The average molecular weight is 367 g/mol. The minimum absolute atomic E-state index is 0.230. The number of aromatic nitrogens is 2. The molecule has 0 aliphatic heterocycles. The molecule has 0 saturated heterocycles. The number of aryl methyl sites for hydroxylation is 1. The van der Waals surface area contributed by atoms with Gasteiger partial charge in [-0.15, -0.1) is 0 Å². The maximum absolute atomic E-state index is 11.2. The summed E-state index contributed by atoms with van der Waals surface area (Å²) in [4.78, 5) is 18.9. The lowest BCUT2D eigenvalue weighted by atomic mass is 9.86. The predicted octanol–water partition coefficient (Wildman–Crippen LogP) is 3.61. The molecule has 0 radical (unpaired) electrons. The summed E-state index contributed by atoms with van der Waals surface area (Å²) in [6, 6.07) is 3.91. The number of ether oxygens (including phenoxy) is 2. The van der Waals surface area contributed by atoms with Crippen LogP contribution in [0.4, 0.5) is 0 Å². The van der Waals surface area contributed by atoms with Crippen molar-refractivity contribution in [3.8, 4) is 5.75 Å². The first-order valence-electron chi connectivity index (χ1n) is 7.53. The minimum atomic E-state index is -0.230. The van der Waals surface area contributed by atoms with Crippen LogP contribution in [0.2, 0.25) is 0 Å². The maximum atomic E-state index is 11.2. The number of methoxy groups -OCH3 is 1. The highest BCUT2D eigenvalue weighted by molar-refractivity contribution is 9.10. The third kappa shape index (κ3) is 3.43. The van der Waals surface area contributed by atoms with E-state index in [1.165, 1.54) is 26.4 Å². The van der Waals surface area contributed by atoms with Gasteiger partial charge in [0.1, 0.15) is 11.6 Å². The lowest BCUT2D eigenvalue weighted by molar-refractivity contribution is -0.140. The highest BCUT2D eigenvalue weighted by Gasteiger charge is 2.19. The van der Waals surface area contributed by atoms with Crippen LogP contribution in [0.5, 0.6) is 5.75 Å². The molecule has 1 aromatic carbocycles. The van der Waals surface area contributed by atoms with Gasteiger partial charge in [0.05, 0.1) is 35.6 Å². The molecule has 2 aromatic rings. The topological polar surface area (TPSA) is 64.2 Å². The summed E-state index contributed by atoms with van der Waals surface area (Å²) < 4.78 is 11.5. The molecule has 0 unspecified atom stereocenters. The second kappa shape index (κ2) is 6.69. The first-order valence-corrected chi connectivity index (χ1v) is 8.33. The van der Waals surface area contributed by atoms with Gasteiger partial charge in [0, 0.05) is 12.5 Å². The van der Waals surface area contributed by atoms with E-state index in [0.717, 1.165) is 33.7 Å². The Morgan fingerprint density at radius 3 is 2.95 bits per heavy atom. The van der Waals surface area contributed by atoms with Gasteiger partial charge in [-0.25, -0.2) is 4.98 Å². The maximum Gasteiger partial charge on any atom is 0.305 e. The third-order valence-electron chi connectivity index (χ3n) is 4.08. The number of rotatable bonds is 6. The number of imidazole rings is 1. The Balaban J connectivity index is 1.71. The van der Waals surface area contributed by atoms with Gasteiger partial charge in [-0.05, 0) is 40.8 Å². The van der Waals surface area contributed by atoms with E-state index in [-0.39, 0.29) is 5.97 Å². The minimum Gasteiger partial charge on any atom is -0.492 e. The number of carbonyl (C=O) groups is 1. The van der Waals surface area contributed by atoms with Crippen molar-refractivity contribution in [3.05, 3.63) is 22.4 Å². The number of aromatic amines is 1. The molecule has 1 aromatic heterocycles. The number of nitrogens with zero attached hydrogens (tertiary/aromatic N) is 1. The summed E-state index contributed by atoms with van der Waals surface area (Å²) in [5, 5.41) is 0. The van der Waals surface area contributed by atoms with E-state index in [1.54, 1.807) is 0 Å². The fourth-order valence-electron chi connectivity index (χ4n) is 2.48. The smallest absolute Gasteiger partial charge is 0.305 e. The van der Waals surface area contributed by atoms with Crippen molar-refractivity contribution in [2.75, 3.05) is 13.7 Å². The van der Waals surface area contributed by atoms with Crippen molar-refractivity contribution < 1.29 is 14.3 Å². The van der Waals surface area contributed by atoms with E-state index in [4.69, 9.17) is 4.74 Å². The van der Waals surface area contributed by atoms with Gasteiger partial charge in [0.15, 0.2) is 0 Å². The van der Waals surface area contributed by atoms with Crippen LogP contribution in [-0.4, -0.2) is 29.7 Å². The first kappa shape index (κ1) is 15.3. The van der Waals surface area contributed by atoms with Gasteiger partial charge in [-0.3, -0.25) is 4.79 Å². The normalized spacial score (nSPS) is 14.8. The van der Waals surface area contributed by atoms with Crippen LogP contribution < -0.4 is 4.74 Å². The van der Waals surface area contributed by atoms with Crippen molar-refractivity contribution in [3.63, 3.8) is 0 Å². The van der Waals surface area contributed by atoms with Crippen LogP contribution in [0, 0.1) is 5.92 Å². The predicted molar refractivity (Wildman–Crippen MR) is 87.0 cm³/mol. The highest BCUT2D eigenvalue weighted by atomic mass is 79.9. The molecule has 1 saturated carbocycles. The summed E-state index contributed by atoms with van der Waals surface area (Å²) >= 11 is 3.54. The van der Waals surface area contributed by atoms with Crippen molar-refractivity contribution in [2.45, 2.75) is 32.1 Å². The Morgan fingerprint density at radius 2 is 2.27 bits per heavy atom. The molecule has 118 valence electrons. The van der Waals surface area contributed by atoms with E-state index in [1.807, 2.05) is 12.1 Å². The summed E-state index contributed by atoms with van der Waals surface area (Å²) in [6.45, 7) is 0.768. The molecule has 3 rings (SSSR count). The quantitative estimate of drug-likeness (QED) is 0.793. The van der Waals surface area contributed by atoms with E-state index in [0.29, 0.717) is 18.8 Å². The fraction of sp³-hybridized carbons (Fsp3) is 0.500. The number of hydrogen-bond acceptors (Lipinski definition) is 4. The molecule has 0 bridgehead atoms. The van der Waals surface area contributed by atoms with Crippen LogP contribution in [0.1, 0.15) is 31.5 Å². The fourth-order valence-corrected chi connectivity index (χ4v) is 2.94. The first-order chi connectivity index (χ1) is 10.7. The zero-order valence-electron chi connectivity index (χ0n) is 12.5. The van der Waals surface area contributed by atoms with E-state index >= 15 is 0 Å². The summed E-state index contributed by atoms with van der Waals surface area (Å²) in [6.07, 6.45) is 4.71. The Kier molecular flexibility index (Phi) is 4.66. The Labute approximate surface area is 137 Å². The van der Waals surface area contributed by atoms with Crippen LogP contribution >= 0.6 is 15.9 Å². The number of halogens is 1. The Morgan fingerprint density at radius 1 is 1.45 bits per heavy atom. The van der Waals surface area contributed by atoms with Crippen molar-refractivity contribution >= 4 is 32.9 Å². The molecule has 1 heterocycles. The molecule has 0 amide bonds. The SMILES string of the molecule is COC(=O)CCc1nc2cc(OCC3CCC3)c(Br)cc2[nH]1. The Bertz CT molecular complexity index is 679. The van der Waals surface area contributed by atoms with Gasteiger partial charge in [0.25, 0.3) is 0 Å². The molecule has 0 spiro atoms. The third-order valence-corrected chi connectivity index (χ3v) is 4.70. The van der Waals surface area contributed by atoms with E-state index in [9.17, 15) is 4.79 Å². The largest absolute Gasteiger partial charge is 0.492 e. The lowest BCUT2D eigenvalue weighted by Crippen LogP contribution is -2.19. The number of hydrogen-bond donors (Lipinski definition) is 1. The molecule has 1 fully saturated rings. The summed E-state index contributed by atoms with van der Waals surface area (Å²) in [5.41, 5.74) is 1.79. The molecule has 22 heavy (non-hydrogen) atoms. The zero-order valence-corrected chi connectivity index (χ0v) is 14.1. The van der Waals surface area contributed by atoms with Crippen LogP contribution in [-0.2, 0) is 16.0 Å². The molecule has 1 aliphatic carbocycles. The van der Waals surface area contributed by atoms with Crippen molar-refractivity contribution in [1.82, 2.24) is 9.97 Å². The van der Waals surface area contributed by atoms with Gasteiger partial charge >= 0.3 is 5.97 Å². The zero-order chi connectivity index (χ0) is 15.5. The number of nitrogens with one attached hydrogen (secondary N) is 1. The summed E-state index contributed by atoms with van der Waals surface area (Å²) in [5.74, 6) is 2.07. The van der Waals surface area contributed by atoms with Gasteiger partial charge in [0.2, 0.25) is 0 Å². The van der Waals surface area contributed by atoms with Gasteiger partial charge in [-0.1, -0.05) is 6.42 Å². The molecule has 1 aliphatic rings. The van der Waals surface area contributed by atoms with Crippen LogP contribution in [0.15, 0.2) is 16.6 Å². The molecule has 0 atom stereocenters. The highest BCUT2D eigenvalue weighted by Crippen LogP contribution is 2.32. The second-order valence-corrected chi connectivity index (χ2v) is 6.52. The standard InChI is InChI=1S/C16H19BrN2O3/c1-21-16(20)6-5-15-18-12-7-11(17)14(8-13(12)19-15)22-9-10-3-2-4-10/h7-8,10H,2-6,9H2,1H3,(H,18,19). The van der Waals surface area contributed by atoms with Crippen molar-refractivity contribution in [2.24, 2.45) is 5.92 Å². The number of H-pyrrole nitrogens is 1. The van der Waals surface area contributed by atoms with Crippen molar-refractivity contribution in [1.29, 1.82) is 0 Å². The molecule has 5 nitrogen and oxygen atoms in total. The van der Waals surface area contributed by atoms with Gasteiger partial charge in [-0.2, -0.15) is 0 Å². The Hall–Kier alpha value is -1.56. The monoisotopic (exact) mass is 366 g/mol. The van der Waals surface area contributed by atoms with Crippen LogP contribution in [0.25, 0.3) is 11.0 Å². The van der Waals surface area contributed by atoms with E-state index < -0.39 is 0 Å². The average Bonchev–Trinajstić information content (AvgIpc) is 2.84. The molecule has 1 N–H and O–H groups in total. The second-order valence-electron chi connectivity index (χ2n) is 5.67. The van der Waals surface area contributed by atoms with E-state index in [2.05, 4.69) is 30.6 Å². The molecular weight excluding hydrogens is 348 g/mol. The van der Waals surface area contributed by atoms with Crippen LogP contribution in [0.3, 0.4) is 0 Å². The molecular formula is C16H19BrN2O3. The lowest BCUT2D eigenvalue weighted by Gasteiger charge is -2.25.